The molecule has 0 aliphatic rings. The molecule has 0 radical (unpaired) electrons. The third-order valence-electron chi connectivity index (χ3n) is 2.19. The molecule has 0 amide bonds. The van der Waals surface area contributed by atoms with Crippen molar-refractivity contribution in [2.45, 2.75) is 11.7 Å². The fourth-order valence-electron chi connectivity index (χ4n) is 1.42. The summed E-state index contributed by atoms with van der Waals surface area (Å²) in [5, 5.41) is 7.76. The summed E-state index contributed by atoms with van der Waals surface area (Å²) in [5.41, 5.74) is 0.492. The highest BCUT2D eigenvalue weighted by molar-refractivity contribution is 9.10. The van der Waals surface area contributed by atoms with Crippen LogP contribution in [0.1, 0.15) is 5.56 Å². The Labute approximate surface area is 108 Å². The Morgan fingerprint density at radius 2 is 2.29 bits per heavy atom. The van der Waals surface area contributed by atoms with Crippen LogP contribution in [0.15, 0.2) is 34.2 Å². The van der Waals surface area contributed by atoms with E-state index in [-0.39, 0.29) is 12.4 Å². The van der Waals surface area contributed by atoms with Gasteiger partial charge in [-0.3, -0.25) is 4.21 Å². The minimum absolute atomic E-state index is 0.257. The third-order valence-corrected chi connectivity index (χ3v) is 3.51. The SMILES string of the molecule is C[S@](=O)c1nncn1Cc1cc(Br)ccc1F. The summed E-state index contributed by atoms with van der Waals surface area (Å²) in [4.78, 5) is 0. The molecule has 7 heteroatoms. The van der Waals surface area contributed by atoms with Crippen LogP contribution in [0, 0.1) is 5.82 Å². The molecule has 2 rings (SSSR count). The lowest BCUT2D eigenvalue weighted by atomic mass is 10.2. The molecular weight excluding hydrogens is 309 g/mol. The van der Waals surface area contributed by atoms with Crippen molar-refractivity contribution in [1.82, 2.24) is 14.8 Å². The van der Waals surface area contributed by atoms with Crippen molar-refractivity contribution in [3.8, 4) is 0 Å². The second kappa shape index (κ2) is 5.05. The summed E-state index contributed by atoms with van der Waals surface area (Å²) < 4.78 is 27.3. The zero-order valence-corrected chi connectivity index (χ0v) is 11.3. The zero-order chi connectivity index (χ0) is 12.4. The highest BCUT2D eigenvalue weighted by atomic mass is 79.9. The van der Waals surface area contributed by atoms with E-state index in [1.165, 1.54) is 18.6 Å². The van der Waals surface area contributed by atoms with Gasteiger partial charge in [0.15, 0.2) is 0 Å². The number of hydrogen-bond acceptors (Lipinski definition) is 3. The van der Waals surface area contributed by atoms with Gasteiger partial charge in [0.25, 0.3) is 0 Å². The average molecular weight is 318 g/mol. The Bertz CT molecular complexity index is 572. The monoisotopic (exact) mass is 317 g/mol. The van der Waals surface area contributed by atoms with Gasteiger partial charge < -0.3 is 4.57 Å². The van der Waals surface area contributed by atoms with Gasteiger partial charge in [-0.15, -0.1) is 10.2 Å². The van der Waals surface area contributed by atoms with E-state index < -0.39 is 10.8 Å². The number of aromatic nitrogens is 3. The topological polar surface area (TPSA) is 47.8 Å². The van der Waals surface area contributed by atoms with Crippen LogP contribution >= 0.6 is 15.9 Å². The average Bonchev–Trinajstić information content (AvgIpc) is 2.71. The maximum atomic E-state index is 13.5. The van der Waals surface area contributed by atoms with E-state index in [4.69, 9.17) is 0 Å². The first-order chi connectivity index (χ1) is 8.08. The van der Waals surface area contributed by atoms with Crippen molar-refractivity contribution in [2.75, 3.05) is 6.26 Å². The predicted molar refractivity (Wildman–Crippen MR) is 65.6 cm³/mol. The molecular formula is C10H9BrFN3OS. The lowest BCUT2D eigenvalue weighted by Gasteiger charge is -2.06. The van der Waals surface area contributed by atoms with Crippen LogP contribution in [0.25, 0.3) is 0 Å². The Balaban J connectivity index is 2.34. The van der Waals surface area contributed by atoms with Crippen molar-refractivity contribution in [2.24, 2.45) is 0 Å². The molecule has 0 saturated heterocycles. The maximum absolute atomic E-state index is 13.5. The van der Waals surface area contributed by atoms with Crippen molar-refractivity contribution in [3.05, 3.63) is 40.4 Å². The van der Waals surface area contributed by atoms with E-state index in [2.05, 4.69) is 26.1 Å². The molecule has 17 heavy (non-hydrogen) atoms. The molecule has 0 spiro atoms. The lowest BCUT2D eigenvalue weighted by Crippen LogP contribution is -2.06. The summed E-state index contributed by atoms with van der Waals surface area (Å²) in [5.74, 6) is -0.310. The molecule has 1 aromatic carbocycles. The second-order valence-corrected chi connectivity index (χ2v) is 5.62. The molecule has 2 aromatic rings. The molecule has 0 aliphatic carbocycles. The van der Waals surface area contributed by atoms with Gasteiger partial charge in [0.2, 0.25) is 5.16 Å². The zero-order valence-electron chi connectivity index (χ0n) is 8.93. The Morgan fingerprint density at radius 1 is 1.53 bits per heavy atom. The number of benzene rings is 1. The largest absolute Gasteiger partial charge is 0.302 e. The highest BCUT2D eigenvalue weighted by Crippen LogP contribution is 2.17. The molecule has 0 fully saturated rings. The standard InChI is InChI=1S/C10H9BrFN3OS/c1-17(16)10-14-13-6-15(10)5-7-4-8(11)2-3-9(7)12/h2-4,6H,5H2,1H3/t17-/m0/s1. The number of nitrogens with zero attached hydrogens (tertiary/aromatic N) is 3. The minimum atomic E-state index is -1.24. The first-order valence-corrected chi connectivity index (χ1v) is 7.08. The van der Waals surface area contributed by atoms with Crippen LogP contribution < -0.4 is 0 Å². The maximum Gasteiger partial charge on any atom is 0.221 e. The molecule has 0 aliphatic heterocycles. The molecule has 1 heterocycles. The molecule has 1 aromatic heterocycles. The summed E-state index contributed by atoms with van der Waals surface area (Å²) in [7, 11) is -1.24. The van der Waals surface area contributed by atoms with Crippen LogP contribution in [-0.2, 0) is 17.3 Å². The minimum Gasteiger partial charge on any atom is -0.302 e. The fourth-order valence-corrected chi connectivity index (χ4v) is 2.44. The highest BCUT2D eigenvalue weighted by Gasteiger charge is 2.10. The van der Waals surface area contributed by atoms with Gasteiger partial charge in [-0.2, -0.15) is 0 Å². The molecule has 0 bridgehead atoms. The lowest BCUT2D eigenvalue weighted by molar-refractivity contribution is 0.586. The number of halogens is 2. The summed E-state index contributed by atoms with van der Waals surface area (Å²) >= 11 is 3.28. The molecule has 0 unspecified atom stereocenters. The second-order valence-electron chi connectivity index (χ2n) is 3.43. The van der Waals surface area contributed by atoms with E-state index in [9.17, 15) is 8.60 Å². The quantitative estimate of drug-likeness (QED) is 0.869. The summed E-state index contributed by atoms with van der Waals surface area (Å²) in [6.45, 7) is 0.257. The van der Waals surface area contributed by atoms with E-state index in [1.807, 2.05) is 0 Å². The smallest absolute Gasteiger partial charge is 0.221 e. The van der Waals surface area contributed by atoms with Crippen molar-refractivity contribution in [3.63, 3.8) is 0 Å². The van der Waals surface area contributed by atoms with Crippen LogP contribution in [0.4, 0.5) is 4.39 Å². The normalized spacial score (nSPS) is 12.6. The van der Waals surface area contributed by atoms with Crippen LogP contribution in [0.3, 0.4) is 0 Å². The Morgan fingerprint density at radius 3 is 3.00 bits per heavy atom. The third kappa shape index (κ3) is 2.78. The number of rotatable bonds is 3. The van der Waals surface area contributed by atoms with Crippen LogP contribution in [0.5, 0.6) is 0 Å². The van der Waals surface area contributed by atoms with Gasteiger partial charge in [-0.1, -0.05) is 15.9 Å². The van der Waals surface area contributed by atoms with Gasteiger partial charge in [0, 0.05) is 16.3 Å². The Kier molecular flexibility index (Phi) is 3.68. The first-order valence-electron chi connectivity index (χ1n) is 4.73. The van der Waals surface area contributed by atoms with Crippen molar-refractivity contribution >= 4 is 26.7 Å². The van der Waals surface area contributed by atoms with Crippen LogP contribution in [0.2, 0.25) is 0 Å². The fraction of sp³-hybridized carbons (Fsp3) is 0.200. The summed E-state index contributed by atoms with van der Waals surface area (Å²) in [6, 6.07) is 4.69. The first kappa shape index (κ1) is 12.4. The van der Waals surface area contributed by atoms with E-state index >= 15 is 0 Å². The predicted octanol–water partition coefficient (Wildman–Crippen LogP) is 1.97. The summed E-state index contributed by atoms with van der Waals surface area (Å²) in [6.07, 6.45) is 2.95. The van der Waals surface area contributed by atoms with Gasteiger partial charge in [0.1, 0.15) is 12.1 Å². The molecule has 4 nitrogen and oxygen atoms in total. The molecule has 1 atom stereocenters. The van der Waals surface area contributed by atoms with Gasteiger partial charge in [0.05, 0.1) is 17.3 Å². The molecule has 0 N–H and O–H groups in total. The van der Waals surface area contributed by atoms with E-state index in [0.29, 0.717) is 10.7 Å². The Hall–Kier alpha value is -1.08. The van der Waals surface area contributed by atoms with Crippen molar-refractivity contribution in [1.29, 1.82) is 0 Å². The van der Waals surface area contributed by atoms with Gasteiger partial charge in [-0.05, 0) is 18.2 Å². The van der Waals surface area contributed by atoms with Gasteiger partial charge in [-0.25, -0.2) is 4.39 Å². The molecule has 0 saturated carbocycles. The molecule has 90 valence electrons. The van der Waals surface area contributed by atoms with E-state index in [0.717, 1.165) is 4.47 Å². The van der Waals surface area contributed by atoms with Gasteiger partial charge >= 0.3 is 0 Å². The van der Waals surface area contributed by atoms with E-state index in [1.54, 1.807) is 16.7 Å². The van der Waals surface area contributed by atoms with Crippen molar-refractivity contribution < 1.29 is 8.60 Å². The van der Waals surface area contributed by atoms with Crippen LogP contribution in [-0.4, -0.2) is 25.2 Å². The number of hydrogen-bond donors (Lipinski definition) is 0.